The molecule has 0 radical (unpaired) electrons. The van der Waals surface area contributed by atoms with E-state index in [1.54, 1.807) is 0 Å². The molecular formula is C28H47NO19. The van der Waals surface area contributed by atoms with Crippen LogP contribution in [0.3, 0.4) is 0 Å². The molecule has 0 aliphatic rings. The Morgan fingerprint density at radius 3 is 1.06 bits per heavy atom. The molecule has 278 valence electrons. The summed E-state index contributed by atoms with van der Waals surface area (Å²) in [5, 5.41) is 58.0. The lowest BCUT2D eigenvalue weighted by atomic mass is 10.0. The Morgan fingerprint density at radius 2 is 0.771 bits per heavy atom. The largest absolute Gasteiger partial charge is 0.481 e. The molecule has 0 aliphatic carbocycles. The van der Waals surface area contributed by atoms with E-state index >= 15 is 0 Å². The fraction of sp³-hybridized carbons (Fsp3) is 0.786. The van der Waals surface area contributed by atoms with E-state index in [0.717, 1.165) is 0 Å². The van der Waals surface area contributed by atoms with E-state index in [9.17, 15) is 39.0 Å². The maximum atomic E-state index is 12.2. The second-order valence-corrected chi connectivity index (χ2v) is 10.4. The number of hydrogen-bond acceptors (Lipinski definition) is 16. The molecule has 0 spiro atoms. The van der Waals surface area contributed by atoms with Crippen LogP contribution in [-0.2, 0) is 61.9 Å². The lowest BCUT2D eigenvalue weighted by molar-refractivity contribution is -0.162. The first-order chi connectivity index (χ1) is 22.7. The number of hydrogen-bond donors (Lipinski definition) is 7. The summed E-state index contributed by atoms with van der Waals surface area (Å²) < 4.78 is 36.7. The molecule has 0 amide bonds. The number of carboxylic acid groups (broad SMARTS) is 4. The maximum absolute atomic E-state index is 12.2. The monoisotopic (exact) mass is 701 g/mol. The average molecular weight is 702 g/mol. The lowest BCUT2D eigenvalue weighted by Crippen LogP contribution is -2.57. The molecular weight excluding hydrogens is 654 g/mol. The van der Waals surface area contributed by atoms with Gasteiger partial charge in [0.2, 0.25) is 0 Å². The van der Waals surface area contributed by atoms with Gasteiger partial charge in [-0.25, -0.2) is 0 Å². The van der Waals surface area contributed by atoms with Crippen molar-refractivity contribution in [2.75, 3.05) is 92.4 Å². The summed E-state index contributed by atoms with van der Waals surface area (Å²) in [5.74, 6) is -6.28. The molecule has 0 aliphatic heterocycles. The van der Waals surface area contributed by atoms with Crippen LogP contribution >= 0.6 is 0 Å². The minimum Gasteiger partial charge on any atom is -0.481 e. The number of β-amino-alcohol motifs (C(OH)–C–C–N with tert-alkyl or cyclic N) is 1. The van der Waals surface area contributed by atoms with Crippen molar-refractivity contribution in [2.24, 2.45) is 0 Å². The van der Waals surface area contributed by atoms with Crippen LogP contribution < -0.4 is 5.32 Å². The predicted molar refractivity (Wildman–Crippen MR) is 157 cm³/mol. The highest BCUT2D eigenvalue weighted by Gasteiger charge is 2.32. The maximum Gasteiger partial charge on any atom is 0.315 e. The molecule has 0 atom stereocenters. The number of rotatable bonds is 33. The Bertz CT molecular complexity index is 930. The molecule has 0 bridgehead atoms. The molecule has 0 fully saturated rings. The quantitative estimate of drug-likeness (QED) is 0.0219. The molecule has 48 heavy (non-hydrogen) atoms. The Morgan fingerprint density at radius 1 is 0.479 bits per heavy atom. The van der Waals surface area contributed by atoms with Gasteiger partial charge >= 0.3 is 35.8 Å². The summed E-state index contributed by atoms with van der Waals surface area (Å²) in [5.41, 5.74) is -2.95. The number of carbonyl (C=O) groups excluding carboxylic acids is 2. The zero-order valence-electron chi connectivity index (χ0n) is 26.6. The van der Waals surface area contributed by atoms with Crippen molar-refractivity contribution in [2.45, 2.75) is 49.7 Å². The van der Waals surface area contributed by atoms with Gasteiger partial charge in [0, 0.05) is 6.54 Å². The summed E-state index contributed by atoms with van der Waals surface area (Å²) in [6.07, 6.45) is -1.96. The summed E-state index contributed by atoms with van der Waals surface area (Å²) in [7, 11) is 0. The number of esters is 2. The predicted octanol–water partition coefficient (Wildman–Crippen LogP) is -2.11. The van der Waals surface area contributed by atoms with Gasteiger partial charge in [-0.3, -0.25) is 28.8 Å². The molecule has 7 N–H and O–H groups in total. The summed E-state index contributed by atoms with van der Waals surface area (Å²) in [6, 6.07) is 0. The molecule has 0 aromatic carbocycles. The third-order valence-corrected chi connectivity index (χ3v) is 5.83. The van der Waals surface area contributed by atoms with E-state index in [1.165, 1.54) is 0 Å². The fourth-order valence-corrected chi connectivity index (χ4v) is 3.49. The highest BCUT2D eigenvalue weighted by Crippen LogP contribution is 2.11. The first-order valence-electron chi connectivity index (χ1n) is 14.9. The summed E-state index contributed by atoms with van der Waals surface area (Å²) in [6.45, 7) is -3.20. The number of carboxylic acids is 4. The molecule has 0 aromatic heterocycles. The van der Waals surface area contributed by atoms with Gasteiger partial charge in [0.05, 0.1) is 130 Å². The van der Waals surface area contributed by atoms with Crippen molar-refractivity contribution in [3.05, 3.63) is 0 Å². The summed E-state index contributed by atoms with van der Waals surface area (Å²) >= 11 is 0. The molecule has 20 nitrogen and oxygen atoms in total. The number of nitrogens with one attached hydrogen (secondary N) is 1. The Balaban J connectivity index is 4.79. The number of ether oxygens (including phenoxy) is 7. The van der Waals surface area contributed by atoms with Crippen molar-refractivity contribution in [3.8, 4) is 0 Å². The second-order valence-electron chi connectivity index (χ2n) is 10.4. The lowest BCUT2D eigenvalue weighted by Gasteiger charge is -2.34. The highest BCUT2D eigenvalue weighted by atomic mass is 16.6. The van der Waals surface area contributed by atoms with Crippen LogP contribution in [0, 0.1) is 0 Å². The zero-order valence-corrected chi connectivity index (χ0v) is 26.6. The number of aliphatic hydroxyl groups is 2. The molecule has 0 saturated carbocycles. The number of carbonyl (C=O) groups is 6. The second kappa shape index (κ2) is 26.6. The van der Waals surface area contributed by atoms with Crippen LogP contribution in [0.1, 0.15) is 38.5 Å². The minimum absolute atomic E-state index is 0.0550. The Labute approximate surface area is 276 Å². The molecule has 0 rings (SSSR count). The summed E-state index contributed by atoms with van der Waals surface area (Å²) in [4.78, 5) is 67.1. The van der Waals surface area contributed by atoms with Crippen LogP contribution in [0.4, 0.5) is 0 Å². The molecule has 0 saturated heterocycles. The molecule has 0 aromatic rings. The van der Waals surface area contributed by atoms with E-state index in [-0.39, 0.29) is 105 Å². The van der Waals surface area contributed by atoms with Crippen molar-refractivity contribution in [3.63, 3.8) is 0 Å². The highest BCUT2D eigenvalue weighted by molar-refractivity contribution is 5.85. The average Bonchev–Trinajstić information content (AvgIpc) is 3.01. The van der Waals surface area contributed by atoms with Gasteiger partial charge in [-0.2, -0.15) is 0 Å². The van der Waals surface area contributed by atoms with Crippen molar-refractivity contribution in [1.82, 2.24) is 5.32 Å². The molecule has 0 unspecified atom stereocenters. The van der Waals surface area contributed by atoms with Gasteiger partial charge in [-0.1, -0.05) is 0 Å². The van der Waals surface area contributed by atoms with Crippen molar-refractivity contribution in [1.29, 1.82) is 0 Å². The van der Waals surface area contributed by atoms with Crippen molar-refractivity contribution < 1.29 is 92.6 Å². The third-order valence-electron chi connectivity index (χ3n) is 5.83. The van der Waals surface area contributed by atoms with E-state index in [0.29, 0.717) is 0 Å². The van der Waals surface area contributed by atoms with Crippen LogP contribution in [0.25, 0.3) is 0 Å². The normalized spacial score (nSPS) is 11.7. The Hall–Kier alpha value is -3.34. The molecule has 20 heteroatoms. The zero-order chi connectivity index (χ0) is 36.3. The number of aliphatic carboxylic acids is 4. The van der Waals surface area contributed by atoms with Gasteiger partial charge in [-0.05, 0) is 0 Å². The SMILES string of the molecule is O=C(O)CCOCC(O)(COCCC(=O)O)COCCC(=O)OC(=O)CCOCC(COCCC(=O)O)(COCCC(=O)O)NCCO. The van der Waals surface area contributed by atoms with E-state index in [4.69, 9.17) is 53.6 Å². The van der Waals surface area contributed by atoms with Gasteiger partial charge in [0.1, 0.15) is 5.60 Å². The molecule has 0 heterocycles. The van der Waals surface area contributed by atoms with Crippen molar-refractivity contribution >= 4 is 35.8 Å². The van der Waals surface area contributed by atoms with Gasteiger partial charge in [0.25, 0.3) is 0 Å². The minimum atomic E-state index is -1.79. The first-order valence-corrected chi connectivity index (χ1v) is 14.9. The van der Waals surface area contributed by atoms with Gasteiger partial charge in [0.15, 0.2) is 0 Å². The third kappa shape index (κ3) is 25.7. The van der Waals surface area contributed by atoms with Gasteiger partial charge in [-0.15, -0.1) is 0 Å². The topological polar surface area (TPSA) is 300 Å². The van der Waals surface area contributed by atoms with Crippen LogP contribution in [0.15, 0.2) is 0 Å². The smallest absolute Gasteiger partial charge is 0.315 e. The van der Waals surface area contributed by atoms with E-state index < -0.39 is 73.2 Å². The van der Waals surface area contributed by atoms with E-state index in [1.807, 2.05) is 0 Å². The standard InChI is InChI=1S/C28H47NO19/c30-8-7-29-27(15-42-9-1-21(31)32,16-43-10-2-22(33)34)17-44-13-5-25(39)48-26(40)6-14-47-20-28(41,18-45-11-3-23(35)36)19-46-12-4-24(37)38/h29-30,41H,1-20H2,(H,31,32)(H,33,34)(H,35,36)(H,37,38). The fourth-order valence-electron chi connectivity index (χ4n) is 3.49. The van der Waals surface area contributed by atoms with Gasteiger partial charge < -0.3 is 69.1 Å². The van der Waals surface area contributed by atoms with Crippen LogP contribution in [0.5, 0.6) is 0 Å². The Kier molecular flexibility index (Phi) is 24.7. The van der Waals surface area contributed by atoms with Crippen LogP contribution in [-0.4, -0.2) is 170 Å². The van der Waals surface area contributed by atoms with Crippen LogP contribution in [0.2, 0.25) is 0 Å². The van der Waals surface area contributed by atoms with E-state index in [2.05, 4.69) is 5.32 Å². The first kappa shape index (κ1) is 44.7. The number of aliphatic hydroxyl groups excluding tert-OH is 1.